The highest BCUT2D eigenvalue weighted by atomic mass is 35.5. The van der Waals surface area contributed by atoms with Crippen molar-refractivity contribution in [2.75, 3.05) is 20.1 Å². The fourth-order valence-corrected chi connectivity index (χ4v) is 2.05. The van der Waals surface area contributed by atoms with Gasteiger partial charge in [0.2, 0.25) is 0 Å². The molecular weight excluding hydrogens is 206 g/mol. The summed E-state index contributed by atoms with van der Waals surface area (Å²) >= 11 is 0. The molecule has 0 unspecified atom stereocenters. The molecule has 2 aliphatic rings. The predicted octanol–water partition coefficient (Wildman–Crippen LogP) is -0.288. The first-order valence-electron chi connectivity index (χ1n) is 4.47. The van der Waals surface area contributed by atoms with Crippen LogP contribution in [-0.4, -0.2) is 42.5 Å². The molecule has 2 fully saturated rings. The van der Waals surface area contributed by atoms with Crippen molar-refractivity contribution >= 4 is 24.3 Å². The molecule has 2 N–H and O–H groups in total. The number of hydrogen-bond donors (Lipinski definition) is 2. The Bertz CT molecular complexity index is 263. The third kappa shape index (κ3) is 1.36. The first kappa shape index (κ1) is 11.3. The highest BCUT2D eigenvalue weighted by molar-refractivity contribution is 6.06. The van der Waals surface area contributed by atoms with Crippen molar-refractivity contribution in [3.8, 4) is 0 Å². The number of piperidine rings is 1. The number of likely N-dealkylation sites (N-methyl/N-ethyl adjacent to an activating group) is 1. The Labute approximate surface area is 88.6 Å². The van der Waals surface area contributed by atoms with Gasteiger partial charge in [-0.15, -0.1) is 12.4 Å². The Kier molecular flexibility index (Phi) is 3.01. The van der Waals surface area contributed by atoms with Crippen molar-refractivity contribution in [1.82, 2.24) is 15.5 Å². The van der Waals surface area contributed by atoms with Crippen LogP contribution in [0.2, 0.25) is 0 Å². The Morgan fingerprint density at radius 2 is 1.86 bits per heavy atom. The zero-order valence-electron chi connectivity index (χ0n) is 8.00. The van der Waals surface area contributed by atoms with E-state index in [1.165, 1.54) is 4.90 Å². The van der Waals surface area contributed by atoms with Gasteiger partial charge in [0, 0.05) is 7.05 Å². The maximum Gasteiger partial charge on any atom is 0.324 e. The Morgan fingerprint density at radius 1 is 1.29 bits per heavy atom. The third-order valence-electron chi connectivity index (χ3n) is 3.02. The fourth-order valence-electron chi connectivity index (χ4n) is 2.05. The van der Waals surface area contributed by atoms with E-state index in [9.17, 15) is 9.59 Å². The number of nitrogens with one attached hydrogen (secondary N) is 2. The molecule has 14 heavy (non-hydrogen) atoms. The molecule has 0 atom stereocenters. The molecule has 3 amide bonds. The lowest BCUT2D eigenvalue weighted by Gasteiger charge is -2.36. The summed E-state index contributed by atoms with van der Waals surface area (Å²) in [7, 11) is 1.69. The molecule has 1 spiro atoms. The Morgan fingerprint density at radius 3 is 2.29 bits per heavy atom. The predicted molar refractivity (Wildman–Crippen MR) is 53.4 cm³/mol. The van der Waals surface area contributed by atoms with E-state index >= 15 is 0 Å². The summed E-state index contributed by atoms with van der Waals surface area (Å²) in [6.45, 7) is 1.59. The van der Waals surface area contributed by atoms with Crippen LogP contribution < -0.4 is 10.6 Å². The summed E-state index contributed by atoms with van der Waals surface area (Å²) in [6, 6.07) is -0.271. The van der Waals surface area contributed by atoms with Crippen LogP contribution in [0.1, 0.15) is 12.8 Å². The zero-order valence-corrected chi connectivity index (χ0v) is 8.82. The smallest absolute Gasteiger partial charge is 0.317 e. The Balaban J connectivity index is 0.000000980. The molecule has 2 aliphatic heterocycles. The van der Waals surface area contributed by atoms with Gasteiger partial charge < -0.3 is 10.2 Å². The van der Waals surface area contributed by atoms with E-state index in [0.717, 1.165) is 13.1 Å². The molecule has 2 rings (SSSR count). The van der Waals surface area contributed by atoms with Crippen LogP contribution >= 0.6 is 12.4 Å². The maximum absolute atomic E-state index is 11.6. The SMILES string of the molecule is CN1C(=O)NC(=O)C12CCNCC2.Cl. The van der Waals surface area contributed by atoms with Crippen molar-refractivity contribution in [2.24, 2.45) is 0 Å². The van der Waals surface area contributed by atoms with Gasteiger partial charge >= 0.3 is 6.03 Å². The standard InChI is InChI=1S/C8H13N3O2.ClH/c1-11-7(13)10-6(12)8(11)2-4-9-5-3-8;/h9H,2-5H2,1H3,(H,10,12,13);1H. The van der Waals surface area contributed by atoms with Crippen LogP contribution in [0.25, 0.3) is 0 Å². The summed E-state index contributed by atoms with van der Waals surface area (Å²) < 4.78 is 0. The maximum atomic E-state index is 11.6. The first-order chi connectivity index (χ1) is 6.17. The van der Waals surface area contributed by atoms with Crippen molar-refractivity contribution in [2.45, 2.75) is 18.4 Å². The van der Waals surface area contributed by atoms with Gasteiger partial charge in [-0.2, -0.15) is 0 Å². The lowest BCUT2D eigenvalue weighted by atomic mass is 9.87. The molecule has 0 radical (unpaired) electrons. The molecule has 0 aromatic rings. The van der Waals surface area contributed by atoms with Crippen LogP contribution in [0, 0.1) is 0 Å². The highest BCUT2D eigenvalue weighted by Crippen LogP contribution is 2.29. The normalized spacial score (nSPS) is 24.8. The number of hydrogen-bond acceptors (Lipinski definition) is 3. The van der Waals surface area contributed by atoms with Gasteiger partial charge in [0.15, 0.2) is 0 Å². The number of rotatable bonds is 0. The van der Waals surface area contributed by atoms with E-state index in [-0.39, 0.29) is 24.3 Å². The molecule has 0 bridgehead atoms. The van der Waals surface area contributed by atoms with E-state index in [1.807, 2.05) is 0 Å². The van der Waals surface area contributed by atoms with E-state index in [4.69, 9.17) is 0 Å². The van der Waals surface area contributed by atoms with Crippen LogP contribution in [0.15, 0.2) is 0 Å². The third-order valence-corrected chi connectivity index (χ3v) is 3.02. The van der Waals surface area contributed by atoms with Gasteiger partial charge in [0.1, 0.15) is 5.54 Å². The van der Waals surface area contributed by atoms with E-state index < -0.39 is 5.54 Å². The van der Waals surface area contributed by atoms with Crippen LogP contribution in [-0.2, 0) is 4.79 Å². The summed E-state index contributed by atoms with van der Waals surface area (Å²) in [6.07, 6.45) is 1.42. The number of urea groups is 1. The molecular formula is C8H14ClN3O2. The zero-order chi connectivity index (χ0) is 9.47. The molecule has 80 valence electrons. The lowest BCUT2D eigenvalue weighted by Crippen LogP contribution is -2.54. The quantitative estimate of drug-likeness (QED) is 0.551. The van der Waals surface area contributed by atoms with Crippen molar-refractivity contribution in [3.05, 3.63) is 0 Å². The van der Waals surface area contributed by atoms with Gasteiger partial charge in [-0.1, -0.05) is 0 Å². The van der Waals surface area contributed by atoms with Gasteiger partial charge in [0.05, 0.1) is 0 Å². The lowest BCUT2D eigenvalue weighted by molar-refractivity contribution is -0.127. The minimum Gasteiger partial charge on any atom is -0.317 e. The molecule has 2 saturated heterocycles. The second-order valence-corrected chi connectivity index (χ2v) is 3.60. The van der Waals surface area contributed by atoms with E-state index in [1.54, 1.807) is 7.05 Å². The average molecular weight is 220 g/mol. The minimum absolute atomic E-state index is 0. The van der Waals surface area contributed by atoms with Gasteiger partial charge in [0.25, 0.3) is 5.91 Å². The molecule has 6 heteroatoms. The van der Waals surface area contributed by atoms with Crippen molar-refractivity contribution < 1.29 is 9.59 Å². The number of amides is 3. The number of nitrogens with zero attached hydrogens (tertiary/aromatic N) is 1. The molecule has 0 saturated carbocycles. The van der Waals surface area contributed by atoms with Crippen LogP contribution in [0.3, 0.4) is 0 Å². The fraction of sp³-hybridized carbons (Fsp3) is 0.750. The summed E-state index contributed by atoms with van der Waals surface area (Å²) in [5.41, 5.74) is -0.567. The number of imide groups is 1. The first-order valence-corrected chi connectivity index (χ1v) is 4.47. The van der Waals surface area contributed by atoms with Crippen molar-refractivity contribution in [1.29, 1.82) is 0 Å². The number of carbonyl (C=O) groups excluding carboxylic acids is 2. The summed E-state index contributed by atoms with van der Waals surface area (Å²) in [4.78, 5) is 24.3. The van der Waals surface area contributed by atoms with Crippen LogP contribution in [0.4, 0.5) is 4.79 Å². The topological polar surface area (TPSA) is 61.4 Å². The van der Waals surface area contributed by atoms with Gasteiger partial charge in [-0.05, 0) is 25.9 Å². The molecule has 0 aromatic heterocycles. The highest BCUT2D eigenvalue weighted by Gasteiger charge is 2.51. The molecule has 0 aliphatic carbocycles. The monoisotopic (exact) mass is 219 g/mol. The Hall–Kier alpha value is -0.810. The molecule has 5 nitrogen and oxygen atoms in total. The van der Waals surface area contributed by atoms with Crippen molar-refractivity contribution in [3.63, 3.8) is 0 Å². The number of halogens is 1. The van der Waals surface area contributed by atoms with Crippen LogP contribution in [0.5, 0.6) is 0 Å². The second kappa shape index (κ2) is 3.74. The minimum atomic E-state index is -0.567. The van der Waals surface area contributed by atoms with E-state index in [0.29, 0.717) is 12.8 Å². The molecule has 0 aromatic carbocycles. The van der Waals surface area contributed by atoms with Gasteiger partial charge in [-0.3, -0.25) is 10.1 Å². The summed E-state index contributed by atoms with van der Waals surface area (Å²) in [5.74, 6) is -0.137. The molecule has 2 heterocycles. The largest absolute Gasteiger partial charge is 0.324 e. The summed E-state index contributed by atoms with van der Waals surface area (Å²) in [5, 5.41) is 5.52. The van der Waals surface area contributed by atoms with E-state index in [2.05, 4.69) is 10.6 Å². The number of carbonyl (C=O) groups is 2. The van der Waals surface area contributed by atoms with Gasteiger partial charge in [-0.25, -0.2) is 4.79 Å². The second-order valence-electron chi connectivity index (χ2n) is 3.60. The average Bonchev–Trinajstić information content (AvgIpc) is 2.34.